The molecule has 25 heavy (non-hydrogen) atoms. The minimum Gasteiger partial charge on any atom is -0.485 e. The molecular formula is C19H25N3O3. The third-order valence-electron chi connectivity index (χ3n) is 4.72. The summed E-state index contributed by atoms with van der Waals surface area (Å²) in [6.45, 7) is 8.06. The Morgan fingerprint density at radius 2 is 2.12 bits per heavy atom. The van der Waals surface area contributed by atoms with Gasteiger partial charge in [0.1, 0.15) is 17.6 Å². The molecular weight excluding hydrogens is 318 g/mol. The number of rotatable bonds is 5. The van der Waals surface area contributed by atoms with Crippen LogP contribution in [0.15, 0.2) is 28.8 Å². The number of benzene rings is 1. The molecule has 1 aliphatic rings. The summed E-state index contributed by atoms with van der Waals surface area (Å²) in [5.41, 5.74) is 2.77. The molecule has 6 heteroatoms. The number of aryl methyl sites for hydroxylation is 2. The topological polar surface area (TPSA) is 58.8 Å². The number of para-hydroxylation sites is 2. The van der Waals surface area contributed by atoms with E-state index in [1.807, 2.05) is 39.1 Å². The third-order valence-corrected chi connectivity index (χ3v) is 4.72. The third kappa shape index (κ3) is 3.62. The fraction of sp³-hybridized carbons (Fsp3) is 0.474. The molecule has 0 spiro atoms. The lowest BCUT2D eigenvalue weighted by atomic mass is 10.1. The number of ether oxygens (including phenoxy) is 1. The van der Waals surface area contributed by atoms with E-state index < -0.39 is 0 Å². The Kier molecular flexibility index (Phi) is 4.97. The van der Waals surface area contributed by atoms with E-state index in [1.165, 1.54) is 0 Å². The van der Waals surface area contributed by atoms with Gasteiger partial charge in [-0.3, -0.25) is 4.79 Å². The summed E-state index contributed by atoms with van der Waals surface area (Å²) in [6.07, 6.45) is 0.256. The van der Waals surface area contributed by atoms with Crippen LogP contribution in [0.5, 0.6) is 5.75 Å². The predicted octanol–water partition coefficient (Wildman–Crippen LogP) is 2.58. The quantitative estimate of drug-likeness (QED) is 0.835. The first kappa shape index (κ1) is 17.3. The molecule has 0 unspecified atom stereocenters. The van der Waals surface area contributed by atoms with Crippen LogP contribution in [0.3, 0.4) is 0 Å². The van der Waals surface area contributed by atoms with Crippen molar-refractivity contribution in [3.63, 3.8) is 0 Å². The average Bonchev–Trinajstić information content (AvgIpc) is 2.92. The summed E-state index contributed by atoms with van der Waals surface area (Å²) >= 11 is 0. The van der Waals surface area contributed by atoms with E-state index in [0.29, 0.717) is 18.7 Å². The lowest BCUT2D eigenvalue weighted by Gasteiger charge is -2.37. The molecule has 2 heterocycles. The minimum atomic E-state index is -0.0477. The number of fused-ring (bicyclic) bond motifs is 1. The van der Waals surface area contributed by atoms with Gasteiger partial charge in [-0.05, 0) is 32.9 Å². The number of carbonyl (C=O) groups excluding carboxylic acids is 1. The van der Waals surface area contributed by atoms with E-state index >= 15 is 0 Å². The number of anilines is 1. The molecule has 0 fully saturated rings. The number of nitrogens with zero attached hydrogens (tertiary/aromatic N) is 3. The Morgan fingerprint density at radius 3 is 2.80 bits per heavy atom. The van der Waals surface area contributed by atoms with Crippen molar-refractivity contribution in [3.8, 4) is 5.75 Å². The molecule has 0 saturated carbocycles. The zero-order valence-corrected chi connectivity index (χ0v) is 15.3. The number of hydrogen-bond acceptors (Lipinski definition) is 5. The Balaban J connectivity index is 1.65. The first-order valence-corrected chi connectivity index (χ1v) is 8.66. The standard InChI is InChI=1S/C19H25N3O3/c1-5-22-12-15(24-18-9-7-6-8-17(18)22)11-21(4)19(23)10-16-13(2)20-25-14(16)3/h6-9,15H,5,10-12H2,1-4H3/t15-/m1/s1. The summed E-state index contributed by atoms with van der Waals surface area (Å²) in [4.78, 5) is 16.6. The van der Waals surface area contributed by atoms with Gasteiger partial charge >= 0.3 is 0 Å². The van der Waals surface area contributed by atoms with Crippen molar-refractivity contribution >= 4 is 11.6 Å². The monoisotopic (exact) mass is 343 g/mol. The molecule has 134 valence electrons. The Bertz CT molecular complexity index is 737. The van der Waals surface area contributed by atoms with Gasteiger partial charge in [-0.2, -0.15) is 0 Å². The zero-order chi connectivity index (χ0) is 18.0. The van der Waals surface area contributed by atoms with Crippen molar-refractivity contribution < 1.29 is 14.1 Å². The molecule has 1 aromatic carbocycles. The summed E-state index contributed by atoms with van der Waals surface area (Å²) in [6, 6.07) is 8.04. The van der Waals surface area contributed by atoms with Crippen molar-refractivity contribution in [2.24, 2.45) is 0 Å². The summed E-state index contributed by atoms with van der Waals surface area (Å²) in [5.74, 6) is 1.63. The highest BCUT2D eigenvalue weighted by Crippen LogP contribution is 2.32. The average molecular weight is 343 g/mol. The van der Waals surface area contributed by atoms with E-state index in [2.05, 4.69) is 23.0 Å². The lowest BCUT2D eigenvalue weighted by molar-refractivity contribution is -0.130. The normalized spacial score (nSPS) is 16.3. The zero-order valence-electron chi connectivity index (χ0n) is 15.3. The largest absolute Gasteiger partial charge is 0.485 e. The minimum absolute atomic E-state index is 0.0416. The van der Waals surface area contributed by atoms with Crippen molar-refractivity contribution in [1.82, 2.24) is 10.1 Å². The number of aromatic nitrogens is 1. The first-order valence-electron chi connectivity index (χ1n) is 8.66. The second-order valence-electron chi connectivity index (χ2n) is 6.50. The van der Waals surface area contributed by atoms with Crippen molar-refractivity contribution in [2.45, 2.75) is 33.3 Å². The molecule has 1 atom stereocenters. The summed E-state index contributed by atoms with van der Waals surface area (Å²) in [5, 5.41) is 3.91. The molecule has 2 aromatic rings. The van der Waals surface area contributed by atoms with Crippen LogP contribution in [-0.2, 0) is 11.2 Å². The van der Waals surface area contributed by atoms with Crippen LogP contribution in [-0.4, -0.2) is 48.7 Å². The summed E-state index contributed by atoms with van der Waals surface area (Å²) < 4.78 is 11.2. The highest BCUT2D eigenvalue weighted by atomic mass is 16.5. The molecule has 0 bridgehead atoms. The van der Waals surface area contributed by atoms with E-state index in [-0.39, 0.29) is 12.0 Å². The Labute approximate surface area is 148 Å². The fourth-order valence-corrected chi connectivity index (χ4v) is 3.22. The first-order chi connectivity index (χ1) is 12.0. The van der Waals surface area contributed by atoms with E-state index in [9.17, 15) is 4.79 Å². The van der Waals surface area contributed by atoms with Gasteiger partial charge in [0, 0.05) is 19.2 Å². The van der Waals surface area contributed by atoms with Crippen molar-refractivity contribution in [3.05, 3.63) is 41.3 Å². The molecule has 0 aliphatic carbocycles. The van der Waals surface area contributed by atoms with Gasteiger partial charge < -0.3 is 19.1 Å². The second-order valence-corrected chi connectivity index (χ2v) is 6.50. The molecule has 0 radical (unpaired) electrons. The molecule has 1 aromatic heterocycles. The highest BCUT2D eigenvalue weighted by Gasteiger charge is 2.27. The fourth-order valence-electron chi connectivity index (χ4n) is 3.22. The molecule has 0 N–H and O–H groups in total. The number of likely N-dealkylation sites (N-methyl/N-ethyl adjacent to an activating group) is 2. The van der Waals surface area contributed by atoms with Crippen LogP contribution < -0.4 is 9.64 Å². The van der Waals surface area contributed by atoms with Crippen LogP contribution >= 0.6 is 0 Å². The van der Waals surface area contributed by atoms with E-state index in [1.54, 1.807) is 4.90 Å². The van der Waals surface area contributed by atoms with E-state index in [4.69, 9.17) is 9.26 Å². The predicted molar refractivity (Wildman–Crippen MR) is 96.1 cm³/mol. The maximum absolute atomic E-state index is 12.6. The van der Waals surface area contributed by atoms with E-state index in [0.717, 1.165) is 35.8 Å². The number of hydrogen-bond donors (Lipinski definition) is 0. The molecule has 0 saturated heterocycles. The van der Waals surface area contributed by atoms with Crippen LogP contribution in [0.4, 0.5) is 5.69 Å². The second kappa shape index (κ2) is 7.17. The van der Waals surface area contributed by atoms with Crippen LogP contribution in [0.25, 0.3) is 0 Å². The van der Waals surface area contributed by atoms with Crippen molar-refractivity contribution in [2.75, 3.05) is 31.6 Å². The van der Waals surface area contributed by atoms with Gasteiger partial charge in [-0.1, -0.05) is 17.3 Å². The summed E-state index contributed by atoms with van der Waals surface area (Å²) in [7, 11) is 1.82. The van der Waals surface area contributed by atoms with Gasteiger partial charge in [0.15, 0.2) is 0 Å². The van der Waals surface area contributed by atoms with Crippen LogP contribution in [0.2, 0.25) is 0 Å². The van der Waals surface area contributed by atoms with Crippen molar-refractivity contribution in [1.29, 1.82) is 0 Å². The lowest BCUT2D eigenvalue weighted by Crippen LogP contribution is -2.47. The highest BCUT2D eigenvalue weighted by molar-refractivity contribution is 5.79. The molecule has 1 amide bonds. The smallest absolute Gasteiger partial charge is 0.227 e. The Morgan fingerprint density at radius 1 is 1.36 bits per heavy atom. The Hall–Kier alpha value is -2.50. The van der Waals surface area contributed by atoms with Crippen LogP contribution in [0.1, 0.15) is 23.9 Å². The molecule has 6 nitrogen and oxygen atoms in total. The van der Waals surface area contributed by atoms with Gasteiger partial charge in [0.25, 0.3) is 0 Å². The van der Waals surface area contributed by atoms with Gasteiger partial charge in [0.2, 0.25) is 5.91 Å². The SMILES string of the molecule is CCN1C[C@@H](CN(C)C(=O)Cc2c(C)noc2C)Oc2ccccc21. The van der Waals surface area contributed by atoms with Gasteiger partial charge in [0.05, 0.1) is 30.9 Å². The number of amides is 1. The van der Waals surface area contributed by atoms with Gasteiger partial charge in [-0.15, -0.1) is 0 Å². The molecule has 1 aliphatic heterocycles. The maximum atomic E-state index is 12.6. The van der Waals surface area contributed by atoms with Crippen LogP contribution in [0, 0.1) is 13.8 Å². The molecule has 3 rings (SSSR count). The van der Waals surface area contributed by atoms with Gasteiger partial charge in [-0.25, -0.2) is 0 Å². The number of carbonyl (C=O) groups is 1. The maximum Gasteiger partial charge on any atom is 0.227 e.